The molecule has 1 heterocycles. The third-order valence-corrected chi connectivity index (χ3v) is 10.1. The molecule has 1 aliphatic carbocycles. The minimum absolute atomic E-state index is 0.125. The van der Waals surface area contributed by atoms with Crippen molar-refractivity contribution in [1.82, 2.24) is 26.6 Å². The van der Waals surface area contributed by atoms with Crippen molar-refractivity contribution >= 4 is 60.0 Å². The van der Waals surface area contributed by atoms with Crippen molar-refractivity contribution in [2.24, 2.45) is 17.4 Å². The van der Waals surface area contributed by atoms with E-state index in [0.29, 0.717) is 18.4 Å². The van der Waals surface area contributed by atoms with Crippen molar-refractivity contribution in [2.45, 2.75) is 88.5 Å². The number of nitrogens with one attached hydrogen (secondary N) is 5. The van der Waals surface area contributed by atoms with Crippen molar-refractivity contribution in [1.29, 1.82) is 0 Å². The molecule has 282 valence electrons. The van der Waals surface area contributed by atoms with E-state index in [1.54, 1.807) is 13.8 Å². The Morgan fingerprint density at radius 1 is 0.922 bits per heavy atom. The second-order valence-electron chi connectivity index (χ2n) is 12.8. The first-order valence-corrected chi connectivity index (χ1v) is 19.1. The van der Waals surface area contributed by atoms with Gasteiger partial charge in [-0.3, -0.25) is 47.6 Å². The summed E-state index contributed by atoms with van der Waals surface area (Å²) >= 11 is 0. The van der Waals surface area contributed by atoms with E-state index in [1.165, 1.54) is 24.3 Å². The standard InChI is InChI=1S/C30H44N7O12PS/c1-16(2)24-28(43)34-21(25(32)40)14-51(48)15-23(39)33-19(12-17-6-8-18(9-7-17)49-50(45,46)47)27(42)37-30(10-4-3-5-11-30)29(44)35-20(13-22(31)38)26(41)36-24/h6-9,16,19-21,24H,3-5,10-15H2,1-2H3,(H2,31,38)(H2,32,40)(H,33,39)(H,34,43)(H,35,44)(H,36,41)(H,37,42)(H2,45,46,47)/t19-,20-,21-,24-,51+/m1/s1. The smallest absolute Gasteiger partial charge is 0.404 e. The van der Waals surface area contributed by atoms with E-state index < -0.39 is 114 Å². The first kappa shape index (κ1) is 41.0. The monoisotopic (exact) mass is 757 g/mol. The van der Waals surface area contributed by atoms with Crippen LogP contribution < -0.4 is 42.6 Å². The summed E-state index contributed by atoms with van der Waals surface area (Å²) in [6, 6.07) is -0.617. The van der Waals surface area contributed by atoms with Crippen LogP contribution >= 0.6 is 7.82 Å². The predicted octanol–water partition coefficient (Wildman–Crippen LogP) is -2.76. The molecule has 1 aromatic carbocycles. The molecular formula is C30H44N7O12PS. The molecule has 0 unspecified atom stereocenters. The maximum atomic E-state index is 14.0. The molecule has 2 fully saturated rings. The maximum Gasteiger partial charge on any atom is 0.524 e. The fourth-order valence-electron chi connectivity index (χ4n) is 5.73. The van der Waals surface area contributed by atoms with Gasteiger partial charge < -0.3 is 42.6 Å². The third-order valence-electron chi connectivity index (χ3n) is 8.32. The Balaban J connectivity index is 2.05. The number of rotatable bonds is 8. The average molecular weight is 758 g/mol. The van der Waals surface area contributed by atoms with Crippen molar-refractivity contribution in [2.75, 3.05) is 11.5 Å². The Hall–Kier alpha value is -4.39. The number of nitrogens with two attached hydrogens (primary N) is 2. The highest BCUT2D eigenvalue weighted by molar-refractivity contribution is 7.85. The van der Waals surface area contributed by atoms with Gasteiger partial charge in [-0.15, -0.1) is 0 Å². The lowest BCUT2D eigenvalue weighted by molar-refractivity contribution is -0.139. The first-order chi connectivity index (χ1) is 23.8. The average Bonchev–Trinajstić information content (AvgIpc) is 3.02. The largest absolute Gasteiger partial charge is 0.524 e. The van der Waals surface area contributed by atoms with Crippen molar-refractivity contribution in [3.8, 4) is 5.75 Å². The molecule has 51 heavy (non-hydrogen) atoms. The fraction of sp³-hybridized carbons (Fsp3) is 0.567. The Kier molecular flexibility index (Phi) is 14.2. The van der Waals surface area contributed by atoms with Crippen molar-refractivity contribution in [3.05, 3.63) is 29.8 Å². The second-order valence-corrected chi connectivity index (χ2v) is 15.5. The van der Waals surface area contributed by atoms with E-state index in [1.807, 2.05) is 0 Å². The van der Waals surface area contributed by atoms with Gasteiger partial charge in [-0.05, 0) is 36.5 Å². The summed E-state index contributed by atoms with van der Waals surface area (Å²) in [5.41, 5.74) is 9.62. The highest BCUT2D eigenvalue weighted by Crippen LogP contribution is 2.37. The van der Waals surface area contributed by atoms with E-state index in [2.05, 4.69) is 31.1 Å². The molecule has 7 amide bonds. The Morgan fingerprint density at radius 3 is 2.10 bits per heavy atom. The number of hydrogen-bond donors (Lipinski definition) is 9. The Labute approximate surface area is 295 Å². The SMILES string of the molecule is CC(C)[C@H]1NC(=O)[C@@H](CC(N)=O)NC(=O)C2(CCCCC2)NC(=O)[C@@H](Cc2ccc(OP(=O)(O)O)cc2)NC(=O)C[S@@](=O)C[C@H](C(N)=O)NC1=O. The van der Waals surface area contributed by atoms with Crippen LogP contribution in [-0.2, 0) is 55.3 Å². The van der Waals surface area contributed by atoms with Crippen LogP contribution in [0.2, 0.25) is 0 Å². The molecule has 1 saturated heterocycles. The van der Waals surface area contributed by atoms with E-state index in [9.17, 15) is 42.3 Å². The zero-order chi connectivity index (χ0) is 38.1. The van der Waals surface area contributed by atoms with Gasteiger partial charge in [0.1, 0.15) is 41.2 Å². The Bertz CT molecular complexity index is 1580. The number of carbonyl (C=O) groups excluding carboxylic acids is 7. The summed E-state index contributed by atoms with van der Waals surface area (Å²) in [5, 5.41) is 12.6. The van der Waals surface area contributed by atoms with Gasteiger partial charge in [-0.2, -0.15) is 0 Å². The first-order valence-electron chi connectivity index (χ1n) is 16.1. The summed E-state index contributed by atoms with van der Waals surface area (Å²) in [6.07, 6.45) is 1.07. The van der Waals surface area contributed by atoms with Crippen LogP contribution in [0.25, 0.3) is 0 Å². The van der Waals surface area contributed by atoms with Crippen molar-refractivity contribution in [3.63, 3.8) is 0 Å². The minimum atomic E-state index is -4.86. The number of phosphoric ester groups is 1. The second kappa shape index (κ2) is 17.7. The molecule has 2 aliphatic rings. The quantitative estimate of drug-likeness (QED) is 0.122. The Morgan fingerprint density at radius 2 is 1.55 bits per heavy atom. The number of primary amides is 2. The van der Waals surface area contributed by atoms with Crippen LogP contribution in [0, 0.1) is 5.92 Å². The van der Waals surface area contributed by atoms with Crippen LogP contribution in [0.1, 0.15) is 57.9 Å². The van der Waals surface area contributed by atoms with Gasteiger partial charge in [0.2, 0.25) is 41.4 Å². The van der Waals surface area contributed by atoms with Gasteiger partial charge in [0.25, 0.3) is 0 Å². The lowest BCUT2D eigenvalue weighted by Gasteiger charge is -2.38. The van der Waals surface area contributed by atoms with E-state index in [0.717, 1.165) is 6.42 Å². The molecule has 19 nitrogen and oxygen atoms in total. The zero-order valence-corrected chi connectivity index (χ0v) is 29.8. The molecule has 1 spiro atoms. The number of amides is 7. The zero-order valence-electron chi connectivity index (χ0n) is 28.0. The van der Waals surface area contributed by atoms with Gasteiger partial charge in [0.15, 0.2) is 0 Å². The van der Waals surface area contributed by atoms with Crippen LogP contribution in [0.4, 0.5) is 0 Å². The molecule has 11 N–H and O–H groups in total. The lowest BCUT2D eigenvalue weighted by atomic mass is 9.80. The maximum absolute atomic E-state index is 14.0. The number of hydrogen-bond acceptors (Lipinski definition) is 10. The lowest BCUT2D eigenvalue weighted by Crippen LogP contribution is -2.66. The summed E-state index contributed by atoms with van der Waals surface area (Å²) in [5.74, 6) is -8.50. The number of carbonyl (C=O) groups is 7. The van der Waals surface area contributed by atoms with Crippen LogP contribution in [-0.4, -0.2) is 96.6 Å². The van der Waals surface area contributed by atoms with Gasteiger partial charge in [-0.25, -0.2) is 4.57 Å². The predicted molar refractivity (Wildman–Crippen MR) is 180 cm³/mol. The summed E-state index contributed by atoms with van der Waals surface area (Å²) < 4.78 is 28.8. The molecule has 1 aromatic rings. The molecule has 1 saturated carbocycles. The summed E-state index contributed by atoms with van der Waals surface area (Å²) in [7, 11) is -6.98. The molecule has 5 atom stereocenters. The van der Waals surface area contributed by atoms with Crippen LogP contribution in [0.15, 0.2) is 24.3 Å². The van der Waals surface area contributed by atoms with Gasteiger partial charge in [0.05, 0.1) is 12.2 Å². The van der Waals surface area contributed by atoms with E-state index in [-0.39, 0.29) is 25.0 Å². The minimum Gasteiger partial charge on any atom is -0.404 e. The molecular weight excluding hydrogens is 713 g/mol. The van der Waals surface area contributed by atoms with Gasteiger partial charge in [0, 0.05) is 17.2 Å². The highest BCUT2D eigenvalue weighted by atomic mass is 32.2. The molecule has 3 rings (SSSR count). The molecule has 0 radical (unpaired) electrons. The third kappa shape index (κ3) is 12.4. The normalized spacial score (nSPS) is 25.7. The van der Waals surface area contributed by atoms with Crippen molar-refractivity contribution < 1.29 is 56.6 Å². The summed E-state index contributed by atoms with van der Waals surface area (Å²) in [6.45, 7) is 3.15. The topological polar surface area (TPSA) is 316 Å². The number of benzene rings is 1. The molecule has 0 bridgehead atoms. The summed E-state index contributed by atoms with van der Waals surface area (Å²) in [4.78, 5) is 110. The fourth-order valence-corrected chi connectivity index (χ4v) is 7.24. The van der Waals surface area contributed by atoms with Crippen LogP contribution in [0.3, 0.4) is 0 Å². The molecule has 1 aliphatic heterocycles. The molecule has 21 heteroatoms. The number of phosphoric acid groups is 1. The van der Waals surface area contributed by atoms with E-state index in [4.69, 9.17) is 21.3 Å². The van der Waals surface area contributed by atoms with Crippen LogP contribution in [0.5, 0.6) is 5.75 Å². The van der Waals surface area contributed by atoms with E-state index >= 15 is 0 Å². The van der Waals surface area contributed by atoms with Gasteiger partial charge in [-0.1, -0.05) is 45.2 Å². The van der Waals surface area contributed by atoms with Gasteiger partial charge >= 0.3 is 7.82 Å². The highest BCUT2D eigenvalue weighted by Gasteiger charge is 2.44. The molecule has 0 aromatic heterocycles.